The van der Waals surface area contributed by atoms with E-state index in [1.807, 2.05) is 11.9 Å². The molecule has 0 bridgehead atoms. The largest absolute Gasteiger partial charge is 0.339 e. The van der Waals surface area contributed by atoms with Crippen LogP contribution in [-0.4, -0.2) is 37.5 Å². The van der Waals surface area contributed by atoms with Gasteiger partial charge in [-0.3, -0.25) is 4.79 Å². The molecular weight excluding hydrogens is 295 g/mol. The summed E-state index contributed by atoms with van der Waals surface area (Å²) in [6.07, 6.45) is 3.27. The Balaban J connectivity index is 1.98. The lowest BCUT2D eigenvalue weighted by Gasteiger charge is -2.32. The Morgan fingerprint density at radius 2 is 1.90 bits per heavy atom. The predicted octanol–water partition coefficient (Wildman–Crippen LogP) is 3.46. The van der Waals surface area contributed by atoms with Gasteiger partial charge in [0.15, 0.2) is 0 Å². The smallest absolute Gasteiger partial charge is 0.256 e. The number of nitrogens with one attached hydrogen (secondary N) is 1. The highest BCUT2D eigenvalue weighted by Crippen LogP contribution is 2.28. The topological polar surface area (TPSA) is 32.3 Å². The molecule has 5 heteroatoms. The van der Waals surface area contributed by atoms with Gasteiger partial charge in [0.05, 0.1) is 15.6 Å². The first-order valence-corrected chi connectivity index (χ1v) is 7.77. The molecule has 1 aliphatic heterocycles. The maximum Gasteiger partial charge on any atom is 0.256 e. The first-order valence-electron chi connectivity index (χ1n) is 7.01. The summed E-state index contributed by atoms with van der Waals surface area (Å²) in [5.74, 6) is 0.654. The molecule has 2 rings (SSSR count). The van der Waals surface area contributed by atoms with E-state index in [9.17, 15) is 4.79 Å². The molecule has 1 aromatic carbocycles. The standard InChI is InChI=1S/C15H20Cl2N2O/c1-18-8-5-11-6-9-19(10-7-11)15(20)14-12(16)3-2-4-13(14)17/h2-4,11,18H,5-10H2,1H3. The number of hydrogen-bond acceptors (Lipinski definition) is 2. The number of piperidine rings is 1. The van der Waals surface area contributed by atoms with E-state index < -0.39 is 0 Å². The third-order valence-electron chi connectivity index (χ3n) is 3.88. The first-order chi connectivity index (χ1) is 9.63. The molecule has 0 saturated carbocycles. The lowest BCUT2D eigenvalue weighted by atomic mass is 9.93. The van der Waals surface area contributed by atoms with Crippen LogP contribution in [-0.2, 0) is 0 Å². The molecule has 1 fully saturated rings. The number of nitrogens with zero attached hydrogens (tertiary/aromatic N) is 1. The van der Waals surface area contributed by atoms with Crippen LogP contribution < -0.4 is 5.32 Å². The SMILES string of the molecule is CNCCC1CCN(C(=O)c2c(Cl)cccc2Cl)CC1. The molecule has 1 amide bonds. The van der Waals surface area contributed by atoms with Gasteiger partial charge in [0.2, 0.25) is 0 Å². The monoisotopic (exact) mass is 314 g/mol. The number of likely N-dealkylation sites (tertiary alicyclic amines) is 1. The molecule has 0 aromatic heterocycles. The zero-order valence-electron chi connectivity index (χ0n) is 11.7. The summed E-state index contributed by atoms with van der Waals surface area (Å²) in [5, 5.41) is 4.04. The van der Waals surface area contributed by atoms with Crippen molar-refractivity contribution >= 4 is 29.1 Å². The fraction of sp³-hybridized carbons (Fsp3) is 0.533. The summed E-state index contributed by atoms with van der Waals surface area (Å²) < 4.78 is 0. The number of benzene rings is 1. The second-order valence-corrected chi connectivity index (χ2v) is 6.04. The van der Waals surface area contributed by atoms with E-state index >= 15 is 0 Å². The van der Waals surface area contributed by atoms with E-state index in [-0.39, 0.29) is 5.91 Å². The number of halogens is 2. The van der Waals surface area contributed by atoms with Gasteiger partial charge in [-0.25, -0.2) is 0 Å². The van der Waals surface area contributed by atoms with Crippen LogP contribution in [0.2, 0.25) is 10.0 Å². The molecule has 0 spiro atoms. The van der Waals surface area contributed by atoms with Crippen LogP contribution in [0.25, 0.3) is 0 Å². The normalized spacial score (nSPS) is 16.4. The van der Waals surface area contributed by atoms with Crippen LogP contribution in [0.5, 0.6) is 0 Å². The van der Waals surface area contributed by atoms with Gasteiger partial charge in [0.25, 0.3) is 5.91 Å². The molecule has 1 heterocycles. The lowest BCUT2D eigenvalue weighted by molar-refractivity contribution is 0.0687. The molecule has 0 unspecified atom stereocenters. The maximum atomic E-state index is 12.5. The molecule has 3 nitrogen and oxygen atoms in total. The Morgan fingerprint density at radius 1 is 1.30 bits per heavy atom. The van der Waals surface area contributed by atoms with Crippen molar-refractivity contribution in [2.45, 2.75) is 19.3 Å². The van der Waals surface area contributed by atoms with Crippen LogP contribution in [0.15, 0.2) is 18.2 Å². The molecule has 1 N–H and O–H groups in total. The maximum absolute atomic E-state index is 12.5. The lowest BCUT2D eigenvalue weighted by Crippen LogP contribution is -2.39. The minimum absolute atomic E-state index is 0.0485. The Kier molecular flexibility index (Phi) is 5.70. The summed E-state index contributed by atoms with van der Waals surface area (Å²) in [6, 6.07) is 5.17. The average molecular weight is 315 g/mol. The Labute approximate surface area is 130 Å². The van der Waals surface area contributed by atoms with E-state index in [0.717, 1.165) is 32.5 Å². The highest BCUT2D eigenvalue weighted by molar-refractivity contribution is 6.39. The summed E-state index contributed by atoms with van der Waals surface area (Å²) in [6.45, 7) is 2.61. The van der Waals surface area contributed by atoms with Gasteiger partial charge in [-0.2, -0.15) is 0 Å². The van der Waals surface area contributed by atoms with E-state index in [1.165, 1.54) is 6.42 Å². The van der Waals surface area contributed by atoms with Crippen molar-refractivity contribution in [2.24, 2.45) is 5.92 Å². The van der Waals surface area contributed by atoms with E-state index in [4.69, 9.17) is 23.2 Å². The van der Waals surface area contributed by atoms with Crippen molar-refractivity contribution in [3.05, 3.63) is 33.8 Å². The van der Waals surface area contributed by atoms with Gasteiger partial charge < -0.3 is 10.2 Å². The average Bonchev–Trinajstić information content (AvgIpc) is 2.45. The van der Waals surface area contributed by atoms with Crippen LogP contribution in [0, 0.1) is 5.92 Å². The zero-order valence-corrected chi connectivity index (χ0v) is 13.2. The fourth-order valence-corrected chi connectivity index (χ4v) is 3.19. The molecule has 0 radical (unpaired) electrons. The minimum atomic E-state index is -0.0485. The van der Waals surface area contributed by atoms with Gasteiger partial charge in [0, 0.05) is 13.1 Å². The first kappa shape index (κ1) is 15.6. The van der Waals surface area contributed by atoms with Crippen LogP contribution in [0.4, 0.5) is 0 Å². The third kappa shape index (κ3) is 3.66. The van der Waals surface area contributed by atoms with Crippen LogP contribution in [0.1, 0.15) is 29.6 Å². The van der Waals surface area contributed by atoms with Crippen molar-refractivity contribution < 1.29 is 4.79 Å². The molecule has 1 saturated heterocycles. The predicted molar refractivity (Wildman–Crippen MR) is 83.6 cm³/mol. The Morgan fingerprint density at radius 3 is 2.45 bits per heavy atom. The number of amides is 1. The molecule has 0 aliphatic carbocycles. The summed E-state index contributed by atoms with van der Waals surface area (Å²) >= 11 is 12.2. The quantitative estimate of drug-likeness (QED) is 0.923. The van der Waals surface area contributed by atoms with Gasteiger partial charge in [-0.15, -0.1) is 0 Å². The highest BCUT2D eigenvalue weighted by Gasteiger charge is 2.25. The second-order valence-electron chi connectivity index (χ2n) is 5.22. The Hall–Kier alpha value is -0.770. The summed E-state index contributed by atoms with van der Waals surface area (Å²) in [7, 11) is 1.97. The van der Waals surface area contributed by atoms with E-state index in [1.54, 1.807) is 18.2 Å². The molecule has 1 aliphatic rings. The van der Waals surface area contributed by atoms with Gasteiger partial charge in [-0.05, 0) is 50.9 Å². The summed E-state index contributed by atoms with van der Waals surface area (Å²) in [4.78, 5) is 14.4. The second kappa shape index (κ2) is 7.30. The Bertz CT molecular complexity index is 451. The van der Waals surface area contributed by atoms with Crippen LogP contribution >= 0.6 is 23.2 Å². The zero-order chi connectivity index (χ0) is 14.5. The fourth-order valence-electron chi connectivity index (χ4n) is 2.63. The van der Waals surface area contributed by atoms with Crippen molar-refractivity contribution in [3.8, 4) is 0 Å². The van der Waals surface area contributed by atoms with Gasteiger partial charge in [-0.1, -0.05) is 29.3 Å². The van der Waals surface area contributed by atoms with Gasteiger partial charge in [0.1, 0.15) is 0 Å². The number of carbonyl (C=O) groups excluding carboxylic acids is 1. The molecule has 110 valence electrons. The minimum Gasteiger partial charge on any atom is -0.339 e. The number of carbonyl (C=O) groups is 1. The third-order valence-corrected chi connectivity index (χ3v) is 4.51. The molecular formula is C15H20Cl2N2O. The van der Waals surface area contributed by atoms with E-state index in [0.29, 0.717) is 21.5 Å². The summed E-state index contributed by atoms with van der Waals surface area (Å²) in [5.41, 5.74) is 0.435. The van der Waals surface area contributed by atoms with Crippen molar-refractivity contribution in [2.75, 3.05) is 26.7 Å². The molecule has 0 atom stereocenters. The highest BCUT2D eigenvalue weighted by atomic mass is 35.5. The number of hydrogen-bond donors (Lipinski definition) is 1. The van der Waals surface area contributed by atoms with Gasteiger partial charge >= 0.3 is 0 Å². The van der Waals surface area contributed by atoms with Crippen LogP contribution in [0.3, 0.4) is 0 Å². The van der Waals surface area contributed by atoms with Crippen molar-refractivity contribution in [3.63, 3.8) is 0 Å². The van der Waals surface area contributed by atoms with E-state index in [2.05, 4.69) is 5.32 Å². The number of rotatable bonds is 4. The van der Waals surface area contributed by atoms with Crippen molar-refractivity contribution in [1.29, 1.82) is 0 Å². The molecule has 20 heavy (non-hydrogen) atoms. The molecule has 1 aromatic rings. The van der Waals surface area contributed by atoms with Crippen molar-refractivity contribution in [1.82, 2.24) is 10.2 Å².